The topological polar surface area (TPSA) is 9.23 Å². The van der Waals surface area contributed by atoms with Gasteiger partial charge in [-0.3, -0.25) is 0 Å². The maximum atomic E-state index is 5.14. The van der Waals surface area contributed by atoms with Crippen molar-refractivity contribution in [3.8, 4) is 5.75 Å². The molecule has 0 radical (unpaired) electrons. The van der Waals surface area contributed by atoms with Gasteiger partial charge in [0.15, 0.2) is 0 Å². The minimum atomic E-state index is 0.625. The first kappa shape index (κ1) is 10.6. The number of allylic oxidation sites excluding steroid dienone is 2. The molecule has 3 rings (SSSR count). The summed E-state index contributed by atoms with van der Waals surface area (Å²) in [6, 6.07) is 8.22. The highest BCUT2D eigenvalue weighted by Crippen LogP contribution is 2.67. The van der Waals surface area contributed by atoms with Gasteiger partial charge in [0.05, 0.1) is 7.11 Å². The molecule has 0 heterocycles. The summed E-state index contributed by atoms with van der Waals surface area (Å²) >= 11 is 0. The average molecular weight is 226 g/mol. The Bertz CT molecular complexity index is 459. The highest BCUT2D eigenvalue weighted by Gasteiger charge is 2.57. The van der Waals surface area contributed by atoms with Crippen LogP contribution < -0.4 is 4.74 Å². The molecule has 0 bridgehead atoms. The monoisotopic (exact) mass is 226 g/mol. The van der Waals surface area contributed by atoms with Crippen LogP contribution in [0.1, 0.15) is 24.8 Å². The Hall–Kier alpha value is -1.50. The Morgan fingerprint density at radius 1 is 1.29 bits per heavy atom. The quantitative estimate of drug-likeness (QED) is 0.706. The first-order valence-corrected chi connectivity index (χ1v) is 6.21. The molecule has 1 spiro atoms. The molecule has 0 amide bonds. The molecule has 2 saturated carbocycles. The van der Waals surface area contributed by atoms with Crippen LogP contribution >= 0.6 is 0 Å². The van der Waals surface area contributed by atoms with Gasteiger partial charge in [0.1, 0.15) is 5.75 Å². The van der Waals surface area contributed by atoms with E-state index in [1.165, 1.54) is 30.4 Å². The van der Waals surface area contributed by atoms with E-state index < -0.39 is 0 Å². The third-order valence-electron chi connectivity index (χ3n) is 4.09. The molecule has 0 N–H and O–H groups in total. The fourth-order valence-corrected chi connectivity index (χ4v) is 2.94. The van der Waals surface area contributed by atoms with Gasteiger partial charge in [0.2, 0.25) is 0 Å². The summed E-state index contributed by atoms with van der Waals surface area (Å²) in [4.78, 5) is 0. The zero-order valence-electron chi connectivity index (χ0n) is 10.3. The summed E-state index contributed by atoms with van der Waals surface area (Å²) in [7, 11) is 1.70. The van der Waals surface area contributed by atoms with E-state index in [0.717, 1.165) is 11.7 Å². The summed E-state index contributed by atoms with van der Waals surface area (Å²) in [5.74, 6) is 1.70. The summed E-state index contributed by atoms with van der Waals surface area (Å²) in [5.41, 5.74) is 3.32. The van der Waals surface area contributed by atoms with Crippen molar-refractivity contribution in [2.24, 2.45) is 11.3 Å². The van der Waals surface area contributed by atoms with E-state index in [-0.39, 0.29) is 0 Å². The van der Waals surface area contributed by atoms with Crippen molar-refractivity contribution in [3.63, 3.8) is 0 Å². The van der Waals surface area contributed by atoms with Crippen LogP contribution in [0.2, 0.25) is 0 Å². The van der Waals surface area contributed by atoms with Gasteiger partial charge < -0.3 is 4.74 Å². The SMILES string of the molecule is C=C1CC2(C1)CC2/C=C/c1ccc(OC)cc1. The van der Waals surface area contributed by atoms with Crippen molar-refractivity contribution < 1.29 is 4.74 Å². The predicted octanol–water partition coefficient (Wildman–Crippen LogP) is 4.06. The second-order valence-corrected chi connectivity index (χ2v) is 5.41. The van der Waals surface area contributed by atoms with Gasteiger partial charge in [-0.1, -0.05) is 36.4 Å². The van der Waals surface area contributed by atoms with Crippen molar-refractivity contribution in [2.45, 2.75) is 19.3 Å². The molecule has 17 heavy (non-hydrogen) atoms. The summed E-state index contributed by atoms with van der Waals surface area (Å²) in [6.45, 7) is 4.03. The number of methoxy groups -OCH3 is 1. The molecule has 1 aromatic carbocycles. The Labute approximate surface area is 103 Å². The van der Waals surface area contributed by atoms with Crippen LogP contribution in [0.3, 0.4) is 0 Å². The molecular formula is C16H18O. The van der Waals surface area contributed by atoms with E-state index in [2.05, 4.69) is 30.9 Å². The maximum Gasteiger partial charge on any atom is 0.118 e. The molecular weight excluding hydrogens is 208 g/mol. The molecule has 2 aliphatic carbocycles. The second-order valence-electron chi connectivity index (χ2n) is 5.41. The Kier molecular flexibility index (Phi) is 2.36. The molecule has 1 atom stereocenters. The summed E-state index contributed by atoms with van der Waals surface area (Å²) in [6.07, 6.45) is 8.47. The molecule has 0 saturated heterocycles. The van der Waals surface area contributed by atoms with Crippen molar-refractivity contribution in [1.82, 2.24) is 0 Å². The molecule has 1 aromatic rings. The highest BCUT2D eigenvalue weighted by atomic mass is 16.5. The van der Waals surface area contributed by atoms with Gasteiger partial charge in [-0.15, -0.1) is 0 Å². The van der Waals surface area contributed by atoms with Gasteiger partial charge >= 0.3 is 0 Å². The lowest BCUT2D eigenvalue weighted by atomic mass is 9.76. The van der Waals surface area contributed by atoms with Crippen molar-refractivity contribution >= 4 is 6.08 Å². The second kappa shape index (κ2) is 3.76. The molecule has 2 fully saturated rings. The minimum Gasteiger partial charge on any atom is -0.497 e. The first-order valence-electron chi connectivity index (χ1n) is 6.21. The van der Waals surface area contributed by atoms with Crippen LogP contribution in [-0.2, 0) is 0 Å². The molecule has 2 aliphatic rings. The molecule has 0 aliphatic heterocycles. The number of rotatable bonds is 3. The zero-order chi connectivity index (χ0) is 11.9. The number of hydrogen-bond acceptors (Lipinski definition) is 1. The third kappa shape index (κ3) is 1.90. The summed E-state index contributed by atoms with van der Waals surface area (Å²) < 4.78 is 5.14. The van der Waals surface area contributed by atoms with E-state index in [9.17, 15) is 0 Å². The minimum absolute atomic E-state index is 0.625. The van der Waals surface area contributed by atoms with E-state index in [4.69, 9.17) is 4.74 Å². The van der Waals surface area contributed by atoms with Crippen molar-refractivity contribution in [1.29, 1.82) is 0 Å². The first-order chi connectivity index (χ1) is 8.22. The van der Waals surface area contributed by atoms with Gasteiger partial charge in [-0.25, -0.2) is 0 Å². The van der Waals surface area contributed by atoms with E-state index in [1.54, 1.807) is 7.11 Å². The molecule has 1 nitrogen and oxygen atoms in total. The fraction of sp³-hybridized carbons (Fsp3) is 0.375. The lowest BCUT2D eigenvalue weighted by Crippen LogP contribution is -2.16. The number of benzene rings is 1. The smallest absolute Gasteiger partial charge is 0.118 e. The molecule has 1 heteroatoms. The highest BCUT2D eigenvalue weighted by molar-refractivity contribution is 5.52. The zero-order valence-corrected chi connectivity index (χ0v) is 10.3. The maximum absolute atomic E-state index is 5.14. The van der Waals surface area contributed by atoms with Gasteiger partial charge in [0, 0.05) is 0 Å². The van der Waals surface area contributed by atoms with Crippen LogP contribution in [0.15, 0.2) is 42.5 Å². The van der Waals surface area contributed by atoms with Crippen LogP contribution in [0.4, 0.5) is 0 Å². The molecule has 0 aromatic heterocycles. The molecule has 88 valence electrons. The normalized spacial score (nSPS) is 25.0. The van der Waals surface area contributed by atoms with E-state index in [0.29, 0.717) is 5.41 Å². The van der Waals surface area contributed by atoms with E-state index >= 15 is 0 Å². The Morgan fingerprint density at radius 3 is 2.59 bits per heavy atom. The lowest BCUT2D eigenvalue weighted by molar-refractivity contribution is 0.373. The Morgan fingerprint density at radius 2 is 2.00 bits per heavy atom. The van der Waals surface area contributed by atoms with Gasteiger partial charge in [-0.2, -0.15) is 0 Å². The number of hydrogen-bond donors (Lipinski definition) is 0. The van der Waals surface area contributed by atoms with Crippen LogP contribution in [0.5, 0.6) is 5.75 Å². The van der Waals surface area contributed by atoms with E-state index in [1.807, 2.05) is 12.1 Å². The van der Waals surface area contributed by atoms with Gasteiger partial charge in [0.25, 0.3) is 0 Å². The van der Waals surface area contributed by atoms with Crippen LogP contribution in [-0.4, -0.2) is 7.11 Å². The predicted molar refractivity (Wildman–Crippen MR) is 70.9 cm³/mol. The summed E-state index contributed by atoms with van der Waals surface area (Å²) in [5, 5.41) is 0. The Balaban J connectivity index is 1.62. The van der Waals surface area contributed by atoms with Crippen molar-refractivity contribution in [3.05, 3.63) is 48.1 Å². The van der Waals surface area contributed by atoms with Gasteiger partial charge in [-0.05, 0) is 48.3 Å². The molecule has 1 unspecified atom stereocenters. The van der Waals surface area contributed by atoms with Crippen molar-refractivity contribution in [2.75, 3.05) is 7.11 Å². The average Bonchev–Trinajstić information content (AvgIpc) is 3.01. The third-order valence-corrected chi connectivity index (χ3v) is 4.09. The fourth-order valence-electron chi connectivity index (χ4n) is 2.94. The lowest BCUT2D eigenvalue weighted by Gasteiger charge is -2.29. The van der Waals surface area contributed by atoms with Crippen LogP contribution in [0.25, 0.3) is 6.08 Å². The van der Waals surface area contributed by atoms with Crippen LogP contribution in [0, 0.1) is 11.3 Å². The number of ether oxygens (including phenoxy) is 1. The standard InChI is InChI=1S/C16H18O/c1-12-9-16(10-12)11-14(16)6-3-13-4-7-15(17-2)8-5-13/h3-8,14H,1,9-11H2,2H3/b6-3+. The largest absolute Gasteiger partial charge is 0.497 e.